The number of nitrogens with zero attached hydrogens (tertiary/aromatic N) is 3. The van der Waals surface area contributed by atoms with Crippen molar-refractivity contribution < 1.29 is 14.3 Å². The van der Waals surface area contributed by atoms with Crippen LogP contribution in [-0.4, -0.2) is 38.4 Å². The molecule has 3 rings (SSSR count). The van der Waals surface area contributed by atoms with Gasteiger partial charge in [-0.3, -0.25) is 10.00 Å². The third-order valence-electron chi connectivity index (χ3n) is 4.40. The Labute approximate surface area is 146 Å². The van der Waals surface area contributed by atoms with Crippen LogP contribution in [-0.2, 0) is 13.5 Å². The van der Waals surface area contributed by atoms with Crippen LogP contribution in [0.4, 0.5) is 15.0 Å². The highest BCUT2D eigenvalue weighted by Crippen LogP contribution is 2.29. The highest BCUT2D eigenvalue weighted by Gasteiger charge is 2.34. The van der Waals surface area contributed by atoms with Crippen molar-refractivity contribution in [2.24, 2.45) is 7.05 Å². The normalized spacial score (nSPS) is 15.0. The van der Waals surface area contributed by atoms with E-state index in [4.69, 9.17) is 0 Å². The van der Waals surface area contributed by atoms with Gasteiger partial charge in [0.15, 0.2) is 0 Å². The Balaban J connectivity index is 1.68. The van der Waals surface area contributed by atoms with Crippen LogP contribution >= 0.6 is 0 Å². The lowest BCUT2D eigenvalue weighted by Crippen LogP contribution is -2.40. The van der Waals surface area contributed by atoms with Gasteiger partial charge in [-0.1, -0.05) is 19.1 Å². The van der Waals surface area contributed by atoms with Gasteiger partial charge in [-0.15, -0.1) is 0 Å². The molecular formula is C18H23FN4O2. The van der Waals surface area contributed by atoms with Gasteiger partial charge >= 0.3 is 6.03 Å². The maximum atomic E-state index is 13.0. The molecule has 1 unspecified atom stereocenters. The van der Waals surface area contributed by atoms with Crippen LogP contribution in [0.2, 0.25) is 0 Å². The summed E-state index contributed by atoms with van der Waals surface area (Å²) in [7, 11) is 1.78. The number of anilines is 1. The van der Waals surface area contributed by atoms with E-state index in [0.29, 0.717) is 11.4 Å². The Bertz CT molecular complexity index is 740. The van der Waals surface area contributed by atoms with Crippen molar-refractivity contribution in [1.82, 2.24) is 14.7 Å². The highest BCUT2D eigenvalue weighted by atomic mass is 19.1. The van der Waals surface area contributed by atoms with Crippen LogP contribution in [0.5, 0.6) is 0 Å². The van der Waals surface area contributed by atoms with E-state index in [2.05, 4.69) is 10.4 Å². The van der Waals surface area contributed by atoms with Gasteiger partial charge in [-0.2, -0.15) is 5.10 Å². The number of aryl methyl sites for hydroxylation is 2. The average Bonchev–Trinajstić information content (AvgIpc) is 3.37. The van der Waals surface area contributed by atoms with Crippen LogP contribution in [0.25, 0.3) is 0 Å². The first kappa shape index (κ1) is 17.4. The van der Waals surface area contributed by atoms with Gasteiger partial charge in [0.25, 0.3) is 0 Å². The quantitative estimate of drug-likeness (QED) is 0.845. The number of rotatable bonds is 6. The molecule has 6 nitrogen and oxygen atoms in total. The fourth-order valence-electron chi connectivity index (χ4n) is 2.76. The SMILES string of the molecule is CCc1cc(NC(=O)N(CC(O)c2ccc(F)cc2)C2CC2)n(C)n1. The van der Waals surface area contributed by atoms with Crippen LogP contribution in [0.15, 0.2) is 30.3 Å². The van der Waals surface area contributed by atoms with E-state index in [1.165, 1.54) is 24.3 Å². The van der Waals surface area contributed by atoms with Crippen LogP contribution < -0.4 is 5.32 Å². The number of nitrogens with one attached hydrogen (secondary N) is 1. The maximum absolute atomic E-state index is 13.0. The van der Waals surface area contributed by atoms with E-state index < -0.39 is 6.10 Å². The monoisotopic (exact) mass is 346 g/mol. The fourth-order valence-corrected chi connectivity index (χ4v) is 2.76. The first-order valence-corrected chi connectivity index (χ1v) is 8.52. The number of hydrogen-bond donors (Lipinski definition) is 2. The molecule has 1 saturated carbocycles. The number of amides is 2. The number of carbonyl (C=O) groups excluding carboxylic acids is 1. The van der Waals surface area contributed by atoms with Crippen molar-refractivity contribution in [2.45, 2.75) is 38.3 Å². The molecule has 1 aromatic carbocycles. The zero-order valence-electron chi connectivity index (χ0n) is 14.4. The minimum atomic E-state index is -0.857. The van der Waals surface area contributed by atoms with Gasteiger partial charge in [-0.05, 0) is 37.0 Å². The number of benzene rings is 1. The molecule has 25 heavy (non-hydrogen) atoms. The minimum absolute atomic E-state index is 0.133. The largest absolute Gasteiger partial charge is 0.387 e. The van der Waals surface area contributed by atoms with Gasteiger partial charge in [-0.25, -0.2) is 9.18 Å². The lowest BCUT2D eigenvalue weighted by molar-refractivity contribution is 0.123. The van der Waals surface area contributed by atoms with Gasteiger partial charge in [0, 0.05) is 19.2 Å². The number of hydrogen-bond acceptors (Lipinski definition) is 3. The van der Waals surface area contributed by atoms with E-state index in [0.717, 1.165) is 25.0 Å². The number of halogens is 1. The van der Waals surface area contributed by atoms with Gasteiger partial charge in [0.1, 0.15) is 11.6 Å². The highest BCUT2D eigenvalue weighted by molar-refractivity contribution is 5.89. The third-order valence-corrected chi connectivity index (χ3v) is 4.40. The van der Waals surface area contributed by atoms with Gasteiger partial charge in [0.2, 0.25) is 0 Å². The summed E-state index contributed by atoms with van der Waals surface area (Å²) in [5, 5.41) is 17.6. The molecule has 0 saturated heterocycles. The maximum Gasteiger partial charge on any atom is 0.323 e. The van der Waals surface area contributed by atoms with E-state index in [1.807, 2.05) is 13.0 Å². The molecule has 0 aliphatic heterocycles. The summed E-state index contributed by atoms with van der Waals surface area (Å²) in [6, 6.07) is 7.42. The van der Waals surface area contributed by atoms with E-state index >= 15 is 0 Å². The predicted molar refractivity (Wildman–Crippen MR) is 92.7 cm³/mol. The predicted octanol–water partition coefficient (Wildman–Crippen LogP) is 2.85. The Hall–Kier alpha value is -2.41. The third kappa shape index (κ3) is 4.17. The van der Waals surface area contributed by atoms with Crippen molar-refractivity contribution in [3.8, 4) is 0 Å². The topological polar surface area (TPSA) is 70.4 Å². The fraction of sp³-hybridized carbons (Fsp3) is 0.444. The lowest BCUT2D eigenvalue weighted by atomic mass is 10.1. The number of aliphatic hydroxyl groups is 1. The molecular weight excluding hydrogens is 323 g/mol. The average molecular weight is 346 g/mol. The first-order chi connectivity index (χ1) is 12.0. The molecule has 1 atom stereocenters. The minimum Gasteiger partial charge on any atom is -0.387 e. The molecule has 134 valence electrons. The Morgan fingerprint density at radius 2 is 2.12 bits per heavy atom. The van der Waals surface area contributed by atoms with Crippen molar-refractivity contribution in [3.63, 3.8) is 0 Å². The van der Waals surface area contributed by atoms with E-state index in [-0.39, 0.29) is 24.4 Å². The van der Waals surface area contributed by atoms with Crippen molar-refractivity contribution in [1.29, 1.82) is 0 Å². The molecule has 1 aliphatic rings. The molecule has 0 spiro atoms. The van der Waals surface area contributed by atoms with E-state index in [1.54, 1.807) is 16.6 Å². The zero-order chi connectivity index (χ0) is 18.0. The van der Waals surface area contributed by atoms with Gasteiger partial charge < -0.3 is 10.0 Å². The Morgan fingerprint density at radius 3 is 2.68 bits per heavy atom. The Morgan fingerprint density at radius 1 is 1.44 bits per heavy atom. The molecule has 2 amide bonds. The summed E-state index contributed by atoms with van der Waals surface area (Å²) in [6.45, 7) is 2.17. The molecule has 7 heteroatoms. The van der Waals surface area contributed by atoms with Gasteiger partial charge in [0.05, 0.1) is 18.3 Å². The summed E-state index contributed by atoms with van der Waals surface area (Å²) < 4.78 is 14.7. The first-order valence-electron chi connectivity index (χ1n) is 8.52. The Kier molecular flexibility index (Phi) is 5.03. The van der Waals surface area contributed by atoms with E-state index in [9.17, 15) is 14.3 Å². The standard InChI is InChI=1S/C18H23FN4O2/c1-3-14-10-17(22(2)21-14)20-18(25)23(15-8-9-15)11-16(24)12-4-6-13(19)7-5-12/h4-7,10,15-16,24H,3,8-9,11H2,1-2H3,(H,20,25). The second-order valence-electron chi connectivity index (χ2n) is 6.38. The number of urea groups is 1. The summed E-state index contributed by atoms with van der Waals surface area (Å²) >= 11 is 0. The molecule has 1 aliphatic carbocycles. The van der Waals surface area contributed by atoms with Crippen LogP contribution in [0, 0.1) is 5.82 Å². The molecule has 1 fully saturated rings. The molecule has 0 radical (unpaired) electrons. The van der Waals surface area contributed by atoms with Crippen molar-refractivity contribution >= 4 is 11.8 Å². The number of aromatic nitrogens is 2. The molecule has 1 heterocycles. The molecule has 2 N–H and O–H groups in total. The number of carbonyl (C=O) groups is 1. The zero-order valence-corrected chi connectivity index (χ0v) is 14.4. The summed E-state index contributed by atoms with van der Waals surface area (Å²) in [6.07, 6.45) is 1.79. The molecule has 0 bridgehead atoms. The second-order valence-corrected chi connectivity index (χ2v) is 6.38. The van der Waals surface area contributed by atoms with Crippen LogP contribution in [0.1, 0.15) is 37.1 Å². The summed E-state index contributed by atoms with van der Waals surface area (Å²) in [5.74, 6) is 0.277. The summed E-state index contributed by atoms with van der Waals surface area (Å²) in [5.41, 5.74) is 1.50. The molecule has 2 aromatic rings. The van der Waals surface area contributed by atoms with Crippen LogP contribution in [0.3, 0.4) is 0 Å². The van der Waals surface area contributed by atoms with Crippen molar-refractivity contribution in [3.05, 3.63) is 47.4 Å². The smallest absolute Gasteiger partial charge is 0.323 e. The molecule has 1 aromatic heterocycles. The number of aliphatic hydroxyl groups excluding tert-OH is 1. The lowest BCUT2D eigenvalue weighted by Gasteiger charge is -2.25. The van der Waals surface area contributed by atoms with Crippen molar-refractivity contribution in [2.75, 3.05) is 11.9 Å². The summed E-state index contributed by atoms with van der Waals surface area (Å²) in [4.78, 5) is 14.3. The second kappa shape index (κ2) is 7.23.